The van der Waals surface area contributed by atoms with Crippen LogP contribution >= 0.6 is 0 Å². The number of nitrogens with zero attached hydrogens (tertiary/aromatic N) is 1. The van der Waals surface area contributed by atoms with E-state index in [1.54, 1.807) is 0 Å². The molecule has 4 nitrogen and oxygen atoms in total. The Bertz CT molecular complexity index is 334. The van der Waals surface area contributed by atoms with Gasteiger partial charge in [-0.25, -0.2) is 0 Å². The quantitative estimate of drug-likeness (QED) is 0.836. The predicted molar refractivity (Wildman–Crippen MR) is 68.1 cm³/mol. The molecule has 0 radical (unpaired) electrons. The van der Waals surface area contributed by atoms with E-state index in [1.165, 1.54) is 0 Å². The molecule has 0 aromatic rings. The third-order valence-electron chi connectivity index (χ3n) is 4.72. The van der Waals surface area contributed by atoms with E-state index >= 15 is 0 Å². The van der Waals surface area contributed by atoms with E-state index in [0.29, 0.717) is 18.8 Å². The van der Waals surface area contributed by atoms with Crippen molar-refractivity contribution >= 4 is 11.9 Å². The van der Waals surface area contributed by atoms with Gasteiger partial charge < -0.3 is 10.0 Å². The van der Waals surface area contributed by atoms with Crippen molar-refractivity contribution in [2.24, 2.45) is 11.3 Å². The molecular formula is C14H23NO3. The van der Waals surface area contributed by atoms with Crippen LogP contribution in [0.25, 0.3) is 0 Å². The first-order chi connectivity index (χ1) is 8.57. The molecule has 0 aromatic carbocycles. The lowest BCUT2D eigenvalue weighted by Gasteiger charge is -2.26. The summed E-state index contributed by atoms with van der Waals surface area (Å²) < 4.78 is 0. The van der Waals surface area contributed by atoms with Gasteiger partial charge in [0.1, 0.15) is 0 Å². The molecule has 1 amide bonds. The van der Waals surface area contributed by atoms with Crippen molar-refractivity contribution in [1.82, 2.24) is 4.90 Å². The molecule has 1 heterocycles. The molecule has 2 rings (SSSR count). The van der Waals surface area contributed by atoms with E-state index in [2.05, 4.69) is 6.92 Å². The first kappa shape index (κ1) is 13.4. The van der Waals surface area contributed by atoms with E-state index in [1.807, 2.05) is 4.90 Å². The molecule has 1 aliphatic heterocycles. The first-order valence-electron chi connectivity index (χ1n) is 7.08. The summed E-state index contributed by atoms with van der Waals surface area (Å²) in [5, 5.41) is 9.38. The monoisotopic (exact) mass is 253 g/mol. The molecular weight excluding hydrogens is 230 g/mol. The summed E-state index contributed by atoms with van der Waals surface area (Å²) in [5.41, 5.74) is -0.763. The minimum Gasteiger partial charge on any atom is -0.481 e. The molecule has 1 aliphatic carbocycles. The molecule has 2 aliphatic rings. The molecule has 1 saturated carbocycles. The van der Waals surface area contributed by atoms with Gasteiger partial charge in [0.2, 0.25) is 5.91 Å². The average Bonchev–Trinajstić information content (AvgIpc) is 2.97. The summed E-state index contributed by atoms with van der Waals surface area (Å²) in [6.45, 7) is 3.78. The summed E-state index contributed by atoms with van der Waals surface area (Å²) in [4.78, 5) is 25.5. The van der Waals surface area contributed by atoms with Gasteiger partial charge in [0.15, 0.2) is 0 Å². The Labute approximate surface area is 108 Å². The highest BCUT2D eigenvalue weighted by Crippen LogP contribution is 2.42. The minimum absolute atomic E-state index is 0.0512. The van der Waals surface area contributed by atoms with Crippen molar-refractivity contribution in [1.29, 1.82) is 0 Å². The number of hydrogen-bond donors (Lipinski definition) is 1. The summed E-state index contributed by atoms with van der Waals surface area (Å²) >= 11 is 0. The second-order valence-electron chi connectivity index (χ2n) is 5.87. The van der Waals surface area contributed by atoms with Crippen molar-refractivity contribution in [2.45, 2.75) is 51.9 Å². The van der Waals surface area contributed by atoms with Crippen molar-refractivity contribution in [3.8, 4) is 0 Å². The van der Waals surface area contributed by atoms with Gasteiger partial charge in [-0.3, -0.25) is 9.59 Å². The van der Waals surface area contributed by atoms with Crippen LogP contribution in [0.5, 0.6) is 0 Å². The zero-order valence-corrected chi connectivity index (χ0v) is 11.2. The van der Waals surface area contributed by atoms with E-state index in [9.17, 15) is 14.7 Å². The smallest absolute Gasteiger partial charge is 0.310 e. The summed E-state index contributed by atoms with van der Waals surface area (Å²) in [5.74, 6) is -0.117. The Morgan fingerprint density at radius 2 is 2.00 bits per heavy atom. The number of carboxylic acid groups (broad SMARTS) is 1. The number of carbonyl (C=O) groups is 2. The maximum Gasteiger partial charge on any atom is 0.310 e. The number of rotatable bonds is 4. The molecule has 1 N–H and O–H groups in total. The van der Waals surface area contributed by atoms with Gasteiger partial charge in [-0.15, -0.1) is 0 Å². The highest BCUT2D eigenvalue weighted by Gasteiger charge is 2.44. The van der Waals surface area contributed by atoms with Crippen LogP contribution in [0.4, 0.5) is 0 Å². The highest BCUT2D eigenvalue weighted by atomic mass is 16.4. The molecule has 0 bridgehead atoms. The fourth-order valence-electron chi connectivity index (χ4n) is 3.31. The summed E-state index contributed by atoms with van der Waals surface area (Å²) in [6.07, 6.45) is 5.60. The van der Waals surface area contributed by atoms with Gasteiger partial charge in [0.05, 0.1) is 5.41 Å². The lowest BCUT2D eigenvalue weighted by Crippen LogP contribution is -2.37. The van der Waals surface area contributed by atoms with E-state index in [-0.39, 0.29) is 12.3 Å². The topological polar surface area (TPSA) is 57.6 Å². The SMILES string of the molecule is CCC1CCN(C(=O)CC2(C(=O)O)CCCC2)C1. The Hall–Kier alpha value is -1.06. The third-order valence-corrected chi connectivity index (χ3v) is 4.72. The van der Waals surface area contributed by atoms with Gasteiger partial charge in [-0.1, -0.05) is 26.2 Å². The number of amides is 1. The maximum absolute atomic E-state index is 12.2. The molecule has 102 valence electrons. The van der Waals surface area contributed by atoms with Gasteiger partial charge in [-0.2, -0.15) is 0 Å². The lowest BCUT2D eigenvalue weighted by molar-refractivity contribution is -0.153. The Morgan fingerprint density at radius 1 is 1.33 bits per heavy atom. The fraction of sp³-hybridized carbons (Fsp3) is 0.857. The fourth-order valence-corrected chi connectivity index (χ4v) is 3.31. The molecule has 18 heavy (non-hydrogen) atoms. The number of aliphatic carboxylic acids is 1. The standard InChI is InChI=1S/C14H23NO3/c1-2-11-5-8-15(10-11)12(16)9-14(13(17)18)6-3-4-7-14/h11H,2-10H2,1H3,(H,17,18). The molecule has 2 fully saturated rings. The first-order valence-corrected chi connectivity index (χ1v) is 7.08. The Balaban J connectivity index is 1.96. The van der Waals surface area contributed by atoms with Crippen LogP contribution in [0.15, 0.2) is 0 Å². The molecule has 1 saturated heterocycles. The molecule has 0 aromatic heterocycles. The van der Waals surface area contributed by atoms with E-state index in [4.69, 9.17) is 0 Å². The van der Waals surface area contributed by atoms with Crippen LogP contribution in [0, 0.1) is 11.3 Å². The largest absolute Gasteiger partial charge is 0.481 e. The molecule has 4 heteroatoms. The molecule has 1 atom stereocenters. The average molecular weight is 253 g/mol. The Morgan fingerprint density at radius 3 is 2.50 bits per heavy atom. The van der Waals surface area contributed by atoms with Gasteiger partial charge >= 0.3 is 5.97 Å². The summed E-state index contributed by atoms with van der Waals surface area (Å²) in [6, 6.07) is 0. The van der Waals surface area contributed by atoms with Crippen LogP contribution in [-0.2, 0) is 9.59 Å². The molecule has 0 spiro atoms. The molecule has 1 unspecified atom stereocenters. The lowest BCUT2D eigenvalue weighted by atomic mass is 9.82. The van der Waals surface area contributed by atoms with Crippen molar-refractivity contribution < 1.29 is 14.7 Å². The minimum atomic E-state index is -0.778. The van der Waals surface area contributed by atoms with Crippen LogP contribution in [0.1, 0.15) is 51.9 Å². The zero-order valence-electron chi connectivity index (χ0n) is 11.2. The van der Waals surface area contributed by atoms with E-state index in [0.717, 1.165) is 38.8 Å². The second kappa shape index (κ2) is 5.29. The number of likely N-dealkylation sites (tertiary alicyclic amines) is 1. The normalized spacial score (nSPS) is 26.5. The summed E-state index contributed by atoms with van der Waals surface area (Å²) in [7, 11) is 0. The van der Waals surface area contributed by atoms with Crippen molar-refractivity contribution in [3.63, 3.8) is 0 Å². The van der Waals surface area contributed by atoms with Crippen LogP contribution < -0.4 is 0 Å². The van der Waals surface area contributed by atoms with Crippen LogP contribution in [0.3, 0.4) is 0 Å². The Kier molecular flexibility index (Phi) is 3.93. The third kappa shape index (κ3) is 2.52. The van der Waals surface area contributed by atoms with Crippen LogP contribution in [0.2, 0.25) is 0 Å². The maximum atomic E-state index is 12.2. The second-order valence-corrected chi connectivity index (χ2v) is 5.87. The number of carbonyl (C=O) groups excluding carboxylic acids is 1. The highest BCUT2D eigenvalue weighted by molar-refractivity contribution is 5.85. The predicted octanol–water partition coefficient (Wildman–Crippen LogP) is 2.28. The van der Waals surface area contributed by atoms with Gasteiger partial charge in [0.25, 0.3) is 0 Å². The van der Waals surface area contributed by atoms with Gasteiger partial charge in [-0.05, 0) is 25.2 Å². The zero-order chi connectivity index (χ0) is 13.2. The van der Waals surface area contributed by atoms with Gasteiger partial charge in [0, 0.05) is 19.5 Å². The van der Waals surface area contributed by atoms with Crippen molar-refractivity contribution in [2.75, 3.05) is 13.1 Å². The number of carboxylic acids is 1. The number of hydrogen-bond acceptors (Lipinski definition) is 2. The van der Waals surface area contributed by atoms with Crippen molar-refractivity contribution in [3.05, 3.63) is 0 Å². The van der Waals surface area contributed by atoms with Crippen LogP contribution in [-0.4, -0.2) is 35.0 Å². The van der Waals surface area contributed by atoms with E-state index < -0.39 is 11.4 Å².